The number of rotatable bonds is 16. The number of benzene rings is 3. The molecule has 1 aliphatic rings. The Kier molecular flexibility index (Phi) is 12.8. The predicted molar refractivity (Wildman–Crippen MR) is 166 cm³/mol. The van der Waals surface area contributed by atoms with Crippen molar-refractivity contribution < 1.29 is 39.2 Å². The van der Waals surface area contributed by atoms with Gasteiger partial charge in [0.25, 0.3) is 0 Å². The van der Waals surface area contributed by atoms with Gasteiger partial charge in [-0.15, -0.1) is 11.8 Å². The Bertz CT molecular complexity index is 1380. The van der Waals surface area contributed by atoms with Crippen molar-refractivity contribution in [2.24, 2.45) is 0 Å². The molecule has 0 aliphatic carbocycles. The summed E-state index contributed by atoms with van der Waals surface area (Å²) < 4.78 is 12.8. The van der Waals surface area contributed by atoms with Gasteiger partial charge in [0.2, 0.25) is 5.91 Å². The number of carboxylic acids is 2. The number of amides is 1. The van der Waals surface area contributed by atoms with Crippen molar-refractivity contribution in [3.8, 4) is 0 Å². The van der Waals surface area contributed by atoms with Crippen molar-refractivity contribution in [1.82, 2.24) is 5.32 Å². The molecule has 3 aromatic rings. The second kappa shape index (κ2) is 17.0. The molecule has 10 heteroatoms. The van der Waals surface area contributed by atoms with Crippen LogP contribution in [0.4, 0.5) is 0 Å². The number of nitrogens with one attached hydrogen (secondary N) is 1. The number of hydrogen-bond donors (Lipinski definition) is 4. The van der Waals surface area contributed by atoms with Gasteiger partial charge in [0, 0.05) is 42.0 Å². The van der Waals surface area contributed by atoms with E-state index in [9.17, 15) is 24.6 Å². The monoisotopic (exact) mass is 621 g/mol. The van der Waals surface area contributed by atoms with E-state index in [1.54, 1.807) is 18.2 Å². The minimum atomic E-state index is -0.968. The van der Waals surface area contributed by atoms with E-state index in [4.69, 9.17) is 14.6 Å². The summed E-state index contributed by atoms with van der Waals surface area (Å²) in [5.74, 6) is -1.25. The van der Waals surface area contributed by atoms with Gasteiger partial charge in [0.1, 0.15) is 0 Å². The largest absolute Gasteiger partial charge is 0.481 e. The first-order valence-corrected chi connectivity index (χ1v) is 15.8. The lowest BCUT2D eigenvalue weighted by Gasteiger charge is -2.36. The third-order valence-corrected chi connectivity index (χ3v) is 8.65. The molecule has 3 atom stereocenters. The van der Waals surface area contributed by atoms with Crippen molar-refractivity contribution in [1.29, 1.82) is 0 Å². The van der Waals surface area contributed by atoms with E-state index in [2.05, 4.69) is 5.32 Å². The van der Waals surface area contributed by atoms with Crippen LogP contribution in [-0.4, -0.2) is 45.0 Å². The van der Waals surface area contributed by atoms with Crippen LogP contribution in [0.3, 0.4) is 0 Å². The molecule has 3 aromatic carbocycles. The van der Waals surface area contributed by atoms with E-state index in [0.29, 0.717) is 36.5 Å². The number of aliphatic hydroxyl groups excluding tert-OH is 1. The SMILES string of the molecule is O=C(O)CCCCCCC(=O)NCc1ccc([C@H]2O[C@@H](CSc3ccccc3C(=O)O)C[C@@H](c3ccc(CO)cc3)O2)cc1. The highest BCUT2D eigenvalue weighted by Crippen LogP contribution is 2.39. The fraction of sp³-hybridized carbons (Fsp3) is 0.382. The maximum atomic E-state index is 12.2. The van der Waals surface area contributed by atoms with Gasteiger partial charge in [0.05, 0.1) is 24.4 Å². The highest BCUT2D eigenvalue weighted by Gasteiger charge is 2.32. The number of hydrogen-bond acceptors (Lipinski definition) is 7. The van der Waals surface area contributed by atoms with E-state index >= 15 is 0 Å². The van der Waals surface area contributed by atoms with Crippen molar-refractivity contribution in [3.63, 3.8) is 0 Å². The maximum Gasteiger partial charge on any atom is 0.336 e. The number of carbonyl (C=O) groups excluding carboxylic acids is 1. The summed E-state index contributed by atoms with van der Waals surface area (Å²) in [5.41, 5.74) is 3.81. The van der Waals surface area contributed by atoms with E-state index in [-0.39, 0.29) is 36.7 Å². The normalized spacial score (nSPS) is 18.1. The number of ether oxygens (including phenoxy) is 2. The summed E-state index contributed by atoms with van der Waals surface area (Å²) in [7, 11) is 0. The molecular formula is C34H39NO8S. The average Bonchev–Trinajstić information content (AvgIpc) is 3.04. The zero-order chi connectivity index (χ0) is 31.3. The lowest BCUT2D eigenvalue weighted by atomic mass is 10.0. The Morgan fingerprint density at radius 2 is 1.45 bits per heavy atom. The van der Waals surface area contributed by atoms with Crippen molar-refractivity contribution in [3.05, 3.63) is 101 Å². The Morgan fingerprint density at radius 1 is 0.795 bits per heavy atom. The minimum Gasteiger partial charge on any atom is -0.481 e. The predicted octanol–water partition coefficient (Wildman–Crippen LogP) is 6.26. The zero-order valence-corrected chi connectivity index (χ0v) is 25.3. The molecule has 4 N–H and O–H groups in total. The Hall–Kier alpha value is -3.70. The molecule has 1 saturated heterocycles. The molecule has 9 nitrogen and oxygen atoms in total. The van der Waals surface area contributed by atoms with E-state index in [1.165, 1.54) is 11.8 Å². The van der Waals surface area contributed by atoms with Gasteiger partial charge < -0.3 is 30.1 Å². The summed E-state index contributed by atoms with van der Waals surface area (Å²) in [4.78, 5) is 35.2. The first-order valence-electron chi connectivity index (χ1n) is 14.9. The fourth-order valence-corrected chi connectivity index (χ4v) is 6.04. The highest BCUT2D eigenvalue weighted by molar-refractivity contribution is 7.99. The quantitative estimate of drug-likeness (QED) is 0.108. The number of aliphatic carboxylic acids is 1. The van der Waals surface area contributed by atoms with E-state index < -0.39 is 18.2 Å². The van der Waals surface area contributed by atoms with Crippen LogP contribution in [0.15, 0.2) is 77.7 Å². The smallest absolute Gasteiger partial charge is 0.336 e. The molecule has 0 bridgehead atoms. The zero-order valence-electron chi connectivity index (χ0n) is 24.5. The lowest BCUT2D eigenvalue weighted by molar-refractivity contribution is -0.245. The number of thioether (sulfide) groups is 1. The van der Waals surface area contributed by atoms with Crippen LogP contribution in [0.5, 0.6) is 0 Å². The van der Waals surface area contributed by atoms with Crippen molar-refractivity contribution in [2.75, 3.05) is 5.75 Å². The molecule has 0 aromatic heterocycles. The highest BCUT2D eigenvalue weighted by atomic mass is 32.2. The molecule has 1 amide bonds. The van der Waals surface area contributed by atoms with Gasteiger partial charge >= 0.3 is 11.9 Å². The lowest BCUT2D eigenvalue weighted by Crippen LogP contribution is -2.31. The summed E-state index contributed by atoms with van der Waals surface area (Å²) in [5, 5.41) is 30.7. The Labute approximate surface area is 261 Å². The molecule has 0 saturated carbocycles. The number of carbonyl (C=O) groups is 3. The third kappa shape index (κ3) is 10.2. The summed E-state index contributed by atoms with van der Waals surface area (Å²) in [6.45, 7) is 0.355. The average molecular weight is 622 g/mol. The molecule has 1 fully saturated rings. The summed E-state index contributed by atoms with van der Waals surface area (Å²) >= 11 is 1.45. The number of aromatic carboxylic acids is 1. The van der Waals surface area contributed by atoms with Gasteiger partial charge in [-0.05, 0) is 41.7 Å². The fourth-order valence-electron chi connectivity index (χ4n) is 4.97. The van der Waals surface area contributed by atoms with Gasteiger partial charge in [-0.3, -0.25) is 9.59 Å². The first kappa shape index (κ1) is 33.2. The molecule has 0 radical (unpaired) electrons. The van der Waals surface area contributed by atoms with Gasteiger partial charge in [-0.2, -0.15) is 0 Å². The van der Waals surface area contributed by atoms with Crippen LogP contribution in [0.1, 0.15) is 90.0 Å². The van der Waals surface area contributed by atoms with Gasteiger partial charge in [0.15, 0.2) is 6.29 Å². The molecule has 44 heavy (non-hydrogen) atoms. The molecular weight excluding hydrogens is 582 g/mol. The summed E-state index contributed by atoms with van der Waals surface area (Å²) in [6, 6.07) is 22.3. The van der Waals surface area contributed by atoms with Crippen LogP contribution in [0.2, 0.25) is 0 Å². The maximum absolute atomic E-state index is 12.2. The van der Waals surface area contributed by atoms with Crippen LogP contribution in [-0.2, 0) is 32.2 Å². The van der Waals surface area contributed by atoms with Gasteiger partial charge in [-0.1, -0.05) is 73.5 Å². The van der Waals surface area contributed by atoms with E-state index in [1.807, 2.05) is 54.6 Å². The molecule has 4 rings (SSSR count). The first-order chi connectivity index (χ1) is 21.3. The second-order valence-electron chi connectivity index (χ2n) is 10.8. The van der Waals surface area contributed by atoms with Crippen LogP contribution >= 0.6 is 11.8 Å². The molecule has 1 aliphatic heterocycles. The van der Waals surface area contributed by atoms with Crippen LogP contribution < -0.4 is 5.32 Å². The molecule has 234 valence electrons. The topological polar surface area (TPSA) is 142 Å². The standard InChI is InChI=1S/C34H39NO8S/c36-21-24-13-15-25(16-14-24)29-19-27(22-44-30-8-6-5-7-28(30)33(40)41)42-34(43-29)26-17-11-23(12-18-26)20-35-31(37)9-3-1-2-4-10-32(38)39/h5-8,11-18,27,29,34,36H,1-4,9-10,19-22H2,(H,35,37)(H,38,39)(H,40,41)/t27-,29+,34+/m1/s1. The van der Waals surface area contributed by atoms with E-state index in [0.717, 1.165) is 41.5 Å². The molecule has 0 spiro atoms. The Balaban J connectivity index is 1.36. The summed E-state index contributed by atoms with van der Waals surface area (Å²) in [6.07, 6.45) is 3.03. The molecule has 0 unspecified atom stereocenters. The van der Waals surface area contributed by atoms with Crippen molar-refractivity contribution in [2.45, 2.75) is 81.5 Å². The van der Waals surface area contributed by atoms with Gasteiger partial charge in [-0.25, -0.2) is 4.79 Å². The van der Waals surface area contributed by atoms with Crippen LogP contribution in [0.25, 0.3) is 0 Å². The third-order valence-electron chi connectivity index (χ3n) is 7.44. The number of aliphatic hydroxyl groups is 1. The van der Waals surface area contributed by atoms with Crippen molar-refractivity contribution >= 4 is 29.6 Å². The minimum absolute atomic E-state index is 0.0360. The van der Waals surface area contributed by atoms with Crippen LogP contribution in [0, 0.1) is 0 Å². The molecule has 1 heterocycles. The second-order valence-corrected chi connectivity index (χ2v) is 11.9. The Morgan fingerprint density at radius 3 is 2.14 bits per heavy atom. The number of carboxylic acid groups (broad SMARTS) is 2. The number of unbranched alkanes of at least 4 members (excludes halogenated alkanes) is 3.